The normalized spacial score (nSPS) is 17.2. The average molecular weight is 207 g/mol. The number of carbonyl (C=O) groups is 2. The maximum atomic E-state index is 11.4. The minimum atomic E-state index is -0.370. The van der Waals surface area contributed by atoms with E-state index < -0.39 is 0 Å². The molecule has 0 spiro atoms. The highest BCUT2D eigenvalue weighted by atomic mass is 16.5. The summed E-state index contributed by atoms with van der Waals surface area (Å²) in [7, 11) is 3.13. The van der Waals surface area contributed by atoms with E-state index in [0.717, 1.165) is 24.8 Å². The third kappa shape index (κ3) is 1.37. The molecule has 0 radical (unpaired) electrons. The van der Waals surface area contributed by atoms with Gasteiger partial charge >= 0.3 is 5.97 Å². The lowest BCUT2D eigenvalue weighted by molar-refractivity contribution is -0.110. The topological polar surface area (TPSA) is 48.3 Å². The summed E-state index contributed by atoms with van der Waals surface area (Å²) in [5.74, 6) is -0.370. The number of hydrogen-bond acceptors (Lipinski definition) is 3. The molecule has 15 heavy (non-hydrogen) atoms. The van der Waals surface area contributed by atoms with E-state index in [2.05, 4.69) is 4.74 Å². The maximum absolute atomic E-state index is 11.4. The lowest BCUT2D eigenvalue weighted by atomic mass is 10.1. The van der Waals surface area contributed by atoms with Crippen LogP contribution in [0.4, 0.5) is 0 Å². The molecule has 0 atom stereocenters. The first-order valence-electron chi connectivity index (χ1n) is 4.85. The van der Waals surface area contributed by atoms with Crippen molar-refractivity contribution in [1.82, 2.24) is 4.57 Å². The molecule has 4 heteroatoms. The van der Waals surface area contributed by atoms with Crippen LogP contribution < -0.4 is 0 Å². The molecule has 0 amide bonds. The van der Waals surface area contributed by atoms with Crippen molar-refractivity contribution >= 4 is 12.3 Å². The molecule has 4 nitrogen and oxygen atoms in total. The number of ether oxygens (including phenoxy) is 1. The molecule has 1 heterocycles. The standard InChI is InChI=1S/C11H13NO3/c1-12-8(10(14)15-2)3-4-9(12)11(7-13)5-6-11/h3-4,7H,5-6H2,1-2H3. The summed E-state index contributed by atoms with van der Waals surface area (Å²) in [5, 5.41) is 0. The van der Waals surface area contributed by atoms with Gasteiger partial charge in [0.2, 0.25) is 0 Å². The molecule has 0 saturated heterocycles. The van der Waals surface area contributed by atoms with Gasteiger partial charge in [0.1, 0.15) is 12.0 Å². The maximum Gasteiger partial charge on any atom is 0.354 e. The van der Waals surface area contributed by atoms with Gasteiger partial charge in [0.05, 0.1) is 12.5 Å². The third-order valence-electron chi connectivity index (χ3n) is 3.04. The second-order valence-corrected chi connectivity index (χ2v) is 3.93. The van der Waals surface area contributed by atoms with Crippen LogP contribution in [-0.2, 0) is 22.0 Å². The fourth-order valence-electron chi connectivity index (χ4n) is 1.89. The zero-order valence-electron chi connectivity index (χ0n) is 8.82. The van der Waals surface area contributed by atoms with Gasteiger partial charge in [-0.25, -0.2) is 4.79 Å². The quantitative estimate of drug-likeness (QED) is 0.549. The zero-order valence-corrected chi connectivity index (χ0v) is 8.82. The van der Waals surface area contributed by atoms with Gasteiger partial charge in [-0.2, -0.15) is 0 Å². The van der Waals surface area contributed by atoms with Crippen LogP contribution in [0.3, 0.4) is 0 Å². The molecule has 80 valence electrons. The highest BCUT2D eigenvalue weighted by Gasteiger charge is 2.46. The minimum absolute atomic E-state index is 0.346. The number of esters is 1. The van der Waals surface area contributed by atoms with Crippen LogP contribution in [0.15, 0.2) is 12.1 Å². The van der Waals surface area contributed by atoms with Gasteiger partial charge in [0, 0.05) is 12.7 Å². The summed E-state index contributed by atoms with van der Waals surface area (Å²) < 4.78 is 6.39. The molecular formula is C11H13NO3. The Morgan fingerprint density at radius 1 is 1.53 bits per heavy atom. The Morgan fingerprint density at radius 2 is 2.20 bits per heavy atom. The molecule has 1 fully saturated rings. The van der Waals surface area contributed by atoms with Gasteiger partial charge in [-0.05, 0) is 25.0 Å². The van der Waals surface area contributed by atoms with Gasteiger partial charge in [0.25, 0.3) is 0 Å². The number of carbonyl (C=O) groups excluding carboxylic acids is 2. The Kier molecular flexibility index (Phi) is 2.14. The Balaban J connectivity index is 2.40. The van der Waals surface area contributed by atoms with E-state index in [4.69, 9.17) is 0 Å². The number of aromatic nitrogens is 1. The highest BCUT2D eigenvalue weighted by molar-refractivity contribution is 5.88. The molecule has 0 aliphatic heterocycles. The molecule has 1 aliphatic carbocycles. The lowest BCUT2D eigenvalue weighted by Gasteiger charge is -2.10. The molecule has 0 unspecified atom stereocenters. The number of aldehydes is 1. The highest BCUT2D eigenvalue weighted by Crippen LogP contribution is 2.46. The molecule has 1 aromatic heterocycles. The Morgan fingerprint density at radius 3 is 2.67 bits per heavy atom. The number of hydrogen-bond donors (Lipinski definition) is 0. The van der Waals surface area contributed by atoms with E-state index in [1.165, 1.54) is 7.11 Å². The summed E-state index contributed by atoms with van der Waals surface area (Å²) in [6, 6.07) is 3.53. The van der Waals surface area contributed by atoms with Crippen molar-refractivity contribution in [1.29, 1.82) is 0 Å². The van der Waals surface area contributed by atoms with Gasteiger partial charge in [-0.1, -0.05) is 0 Å². The van der Waals surface area contributed by atoms with Crippen molar-refractivity contribution in [2.75, 3.05) is 7.11 Å². The predicted octanol–water partition coefficient (Wildman–Crippen LogP) is 1.04. The van der Waals surface area contributed by atoms with Gasteiger partial charge in [-0.3, -0.25) is 0 Å². The van der Waals surface area contributed by atoms with E-state index in [9.17, 15) is 9.59 Å². The first-order valence-corrected chi connectivity index (χ1v) is 4.85. The van der Waals surface area contributed by atoms with Crippen LogP contribution in [0.1, 0.15) is 29.0 Å². The number of nitrogens with zero attached hydrogens (tertiary/aromatic N) is 1. The van der Waals surface area contributed by atoms with Crippen LogP contribution in [-0.4, -0.2) is 23.9 Å². The summed E-state index contributed by atoms with van der Waals surface area (Å²) in [4.78, 5) is 22.3. The Hall–Kier alpha value is -1.58. The molecule has 1 aliphatic rings. The smallest absolute Gasteiger partial charge is 0.354 e. The number of rotatable bonds is 3. The monoisotopic (exact) mass is 207 g/mol. The summed E-state index contributed by atoms with van der Waals surface area (Å²) in [6.45, 7) is 0. The van der Waals surface area contributed by atoms with Crippen molar-refractivity contribution in [3.05, 3.63) is 23.5 Å². The lowest BCUT2D eigenvalue weighted by Crippen LogP contribution is -2.16. The molecule has 0 N–H and O–H groups in total. The third-order valence-corrected chi connectivity index (χ3v) is 3.04. The van der Waals surface area contributed by atoms with E-state index in [0.29, 0.717) is 5.69 Å². The molecule has 1 saturated carbocycles. The van der Waals surface area contributed by atoms with Gasteiger partial charge in [0.15, 0.2) is 0 Å². The average Bonchev–Trinajstić information content (AvgIpc) is 2.96. The molecule has 0 aromatic carbocycles. The Labute approximate surface area is 87.8 Å². The van der Waals surface area contributed by atoms with Crippen LogP contribution in [0.2, 0.25) is 0 Å². The molecule has 2 rings (SSSR count). The SMILES string of the molecule is COC(=O)c1ccc(C2(C=O)CC2)n1C. The summed E-state index contributed by atoms with van der Waals surface area (Å²) in [5.41, 5.74) is 1.04. The fourth-order valence-corrected chi connectivity index (χ4v) is 1.89. The van der Waals surface area contributed by atoms with Crippen molar-refractivity contribution in [2.24, 2.45) is 7.05 Å². The van der Waals surface area contributed by atoms with Crippen molar-refractivity contribution in [3.63, 3.8) is 0 Å². The largest absolute Gasteiger partial charge is 0.464 e. The number of methoxy groups -OCH3 is 1. The van der Waals surface area contributed by atoms with E-state index in [1.54, 1.807) is 17.7 Å². The summed E-state index contributed by atoms with van der Waals surface area (Å²) in [6.07, 6.45) is 2.72. The predicted molar refractivity (Wildman–Crippen MR) is 53.7 cm³/mol. The zero-order chi connectivity index (χ0) is 11.1. The fraction of sp³-hybridized carbons (Fsp3) is 0.455. The minimum Gasteiger partial charge on any atom is -0.464 e. The van der Waals surface area contributed by atoms with Gasteiger partial charge < -0.3 is 14.1 Å². The van der Waals surface area contributed by atoms with Crippen molar-refractivity contribution < 1.29 is 14.3 Å². The summed E-state index contributed by atoms with van der Waals surface area (Å²) >= 11 is 0. The first kappa shape index (κ1) is 9.96. The van der Waals surface area contributed by atoms with E-state index >= 15 is 0 Å². The molecule has 0 bridgehead atoms. The van der Waals surface area contributed by atoms with E-state index in [-0.39, 0.29) is 11.4 Å². The van der Waals surface area contributed by atoms with Crippen LogP contribution in [0, 0.1) is 0 Å². The second-order valence-electron chi connectivity index (χ2n) is 3.93. The van der Waals surface area contributed by atoms with Crippen molar-refractivity contribution in [2.45, 2.75) is 18.3 Å². The molecule has 1 aromatic rings. The molecular weight excluding hydrogens is 194 g/mol. The second kappa shape index (κ2) is 3.22. The van der Waals surface area contributed by atoms with Gasteiger partial charge in [-0.15, -0.1) is 0 Å². The van der Waals surface area contributed by atoms with Crippen LogP contribution in [0.5, 0.6) is 0 Å². The van der Waals surface area contributed by atoms with Crippen LogP contribution in [0.25, 0.3) is 0 Å². The van der Waals surface area contributed by atoms with Crippen LogP contribution >= 0.6 is 0 Å². The van der Waals surface area contributed by atoms with E-state index in [1.807, 2.05) is 6.07 Å². The first-order chi connectivity index (χ1) is 7.14. The van der Waals surface area contributed by atoms with Crippen molar-refractivity contribution in [3.8, 4) is 0 Å². The Bertz CT molecular complexity index is 415.